The van der Waals surface area contributed by atoms with Crippen molar-refractivity contribution in [1.82, 2.24) is 18.8 Å². The molecule has 1 aliphatic carbocycles. The van der Waals surface area contributed by atoms with Gasteiger partial charge in [0, 0.05) is 59.5 Å². The number of rotatable bonds is 9. The highest BCUT2D eigenvalue weighted by molar-refractivity contribution is 7.86. The predicted molar refractivity (Wildman–Crippen MR) is 87.2 cm³/mol. The second kappa shape index (κ2) is 8.39. The molecule has 1 aliphatic heterocycles. The average molecular weight is 348 g/mol. The Balaban J connectivity index is 1.70. The molecule has 0 bridgehead atoms. The van der Waals surface area contributed by atoms with E-state index in [1.165, 1.54) is 8.61 Å². The molecule has 1 N–H and O–H groups in total. The number of hydrogen-bond acceptors (Lipinski definition) is 5. The van der Waals surface area contributed by atoms with Gasteiger partial charge in [-0.3, -0.25) is 9.69 Å². The van der Waals surface area contributed by atoms with Gasteiger partial charge in [-0.15, -0.1) is 0 Å². The molecule has 2 aliphatic rings. The van der Waals surface area contributed by atoms with Gasteiger partial charge in [-0.2, -0.15) is 17.0 Å². The highest BCUT2D eigenvalue weighted by atomic mass is 32.2. The zero-order valence-electron chi connectivity index (χ0n) is 14.0. The van der Waals surface area contributed by atoms with Crippen LogP contribution in [0.3, 0.4) is 0 Å². The summed E-state index contributed by atoms with van der Waals surface area (Å²) in [7, 11) is -0.0511. The summed E-state index contributed by atoms with van der Waals surface area (Å²) in [6, 6.07) is 0.177. The van der Waals surface area contributed by atoms with E-state index in [0.717, 1.165) is 19.3 Å². The minimum absolute atomic E-state index is 0.0208. The molecular formula is C14H28N4O4S. The Kier molecular flexibility index (Phi) is 6.78. The number of amides is 1. The summed E-state index contributed by atoms with van der Waals surface area (Å²) in [4.78, 5) is 13.8. The summed E-state index contributed by atoms with van der Waals surface area (Å²) in [5, 5.41) is 2.85. The fourth-order valence-corrected chi connectivity index (χ4v) is 4.21. The van der Waals surface area contributed by atoms with E-state index in [1.54, 1.807) is 14.2 Å². The topological polar surface area (TPSA) is 82.2 Å². The lowest BCUT2D eigenvalue weighted by Crippen LogP contribution is -2.54. The quantitative estimate of drug-likeness (QED) is 0.546. The molecule has 1 heterocycles. The first-order chi connectivity index (χ1) is 10.9. The second-order valence-corrected chi connectivity index (χ2v) is 8.11. The van der Waals surface area contributed by atoms with Crippen molar-refractivity contribution in [1.29, 1.82) is 0 Å². The Morgan fingerprint density at radius 3 is 2.48 bits per heavy atom. The summed E-state index contributed by atoms with van der Waals surface area (Å²) in [5.74, 6) is -0.0208. The molecule has 0 unspecified atom stereocenters. The van der Waals surface area contributed by atoms with Gasteiger partial charge in [0.2, 0.25) is 5.91 Å². The third kappa shape index (κ3) is 5.39. The number of carbonyl (C=O) groups is 1. The van der Waals surface area contributed by atoms with E-state index in [-0.39, 0.29) is 11.9 Å². The normalized spacial score (nSPS) is 20.8. The maximum Gasteiger partial charge on any atom is 0.282 e. The number of hydrogen-bond donors (Lipinski definition) is 1. The minimum atomic E-state index is -3.35. The van der Waals surface area contributed by atoms with Crippen LogP contribution in [-0.4, -0.2) is 93.9 Å². The Labute approximate surface area is 138 Å². The molecule has 1 saturated carbocycles. The van der Waals surface area contributed by atoms with Crippen LogP contribution in [-0.2, 0) is 19.7 Å². The van der Waals surface area contributed by atoms with Crippen LogP contribution in [0.15, 0.2) is 0 Å². The van der Waals surface area contributed by atoms with Gasteiger partial charge in [0.05, 0.1) is 6.54 Å². The second-order valence-electron chi connectivity index (χ2n) is 6.13. The SMILES string of the molecule is COCCCNC(=O)CN1CCN(S(=O)(=O)N(C)C2CC2)CC1. The maximum absolute atomic E-state index is 12.4. The monoisotopic (exact) mass is 348 g/mol. The number of methoxy groups -OCH3 is 1. The Morgan fingerprint density at radius 2 is 1.91 bits per heavy atom. The number of nitrogens with one attached hydrogen (secondary N) is 1. The van der Waals surface area contributed by atoms with Crippen LogP contribution in [0.5, 0.6) is 0 Å². The van der Waals surface area contributed by atoms with E-state index < -0.39 is 10.2 Å². The van der Waals surface area contributed by atoms with Crippen LogP contribution in [0.25, 0.3) is 0 Å². The molecule has 8 nitrogen and oxygen atoms in total. The molecule has 0 aromatic rings. The van der Waals surface area contributed by atoms with Gasteiger partial charge < -0.3 is 10.1 Å². The third-order valence-electron chi connectivity index (χ3n) is 4.30. The van der Waals surface area contributed by atoms with Crippen molar-refractivity contribution in [2.75, 3.05) is 60.0 Å². The van der Waals surface area contributed by atoms with Crippen molar-refractivity contribution in [2.45, 2.75) is 25.3 Å². The van der Waals surface area contributed by atoms with Crippen LogP contribution >= 0.6 is 0 Å². The van der Waals surface area contributed by atoms with E-state index in [4.69, 9.17) is 4.74 Å². The average Bonchev–Trinajstić information content (AvgIpc) is 3.36. The van der Waals surface area contributed by atoms with E-state index in [1.807, 2.05) is 4.90 Å². The molecule has 0 spiro atoms. The van der Waals surface area contributed by atoms with Gasteiger partial charge in [0.1, 0.15) is 0 Å². The standard InChI is InChI=1S/C14H28N4O4S/c1-16(13-4-5-13)23(20,21)18-9-7-17(8-10-18)12-14(19)15-6-3-11-22-2/h13H,3-12H2,1-2H3,(H,15,19). The molecule has 2 rings (SSSR count). The fourth-order valence-electron chi connectivity index (χ4n) is 2.63. The molecule has 134 valence electrons. The number of ether oxygens (including phenoxy) is 1. The molecular weight excluding hydrogens is 320 g/mol. The molecule has 0 atom stereocenters. The lowest BCUT2D eigenvalue weighted by atomic mass is 10.3. The highest BCUT2D eigenvalue weighted by Crippen LogP contribution is 2.29. The van der Waals surface area contributed by atoms with Crippen molar-refractivity contribution in [3.63, 3.8) is 0 Å². The van der Waals surface area contributed by atoms with Crippen LogP contribution in [0.4, 0.5) is 0 Å². The Morgan fingerprint density at radius 1 is 1.26 bits per heavy atom. The number of nitrogens with zero attached hydrogens (tertiary/aromatic N) is 3. The van der Waals surface area contributed by atoms with E-state index in [9.17, 15) is 13.2 Å². The maximum atomic E-state index is 12.4. The molecule has 0 aromatic heterocycles. The zero-order chi connectivity index (χ0) is 16.9. The lowest BCUT2D eigenvalue weighted by molar-refractivity contribution is -0.122. The van der Waals surface area contributed by atoms with Gasteiger partial charge in [-0.25, -0.2) is 0 Å². The predicted octanol–water partition coefficient (Wildman–Crippen LogP) is -0.904. The lowest BCUT2D eigenvalue weighted by Gasteiger charge is -2.35. The first kappa shape index (κ1) is 18.6. The van der Waals surface area contributed by atoms with E-state index in [0.29, 0.717) is 45.9 Å². The van der Waals surface area contributed by atoms with Crippen LogP contribution < -0.4 is 5.32 Å². The molecule has 1 saturated heterocycles. The smallest absolute Gasteiger partial charge is 0.282 e. The number of carbonyl (C=O) groups excluding carboxylic acids is 1. The Bertz CT molecular complexity index is 487. The molecule has 23 heavy (non-hydrogen) atoms. The van der Waals surface area contributed by atoms with E-state index >= 15 is 0 Å². The zero-order valence-corrected chi connectivity index (χ0v) is 14.8. The third-order valence-corrected chi connectivity index (χ3v) is 6.34. The van der Waals surface area contributed by atoms with Crippen LogP contribution in [0, 0.1) is 0 Å². The largest absolute Gasteiger partial charge is 0.385 e. The van der Waals surface area contributed by atoms with Crippen molar-refractivity contribution in [2.24, 2.45) is 0 Å². The van der Waals surface area contributed by atoms with Gasteiger partial charge in [-0.05, 0) is 19.3 Å². The molecule has 9 heteroatoms. The summed E-state index contributed by atoms with van der Waals surface area (Å²) in [6.07, 6.45) is 2.71. The number of piperazine rings is 1. The van der Waals surface area contributed by atoms with Gasteiger partial charge >= 0.3 is 0 Å². The van der Waals surface area contributed by atoms with Crippen molar-refractivity contribution in [3.05, 3.63) is 0 Å². The van der Waals surface area contributed by atoms with Gasteiger partial charge in [0.15, 0.2) is 0 Å². The highest BCUT2D eigenvalue weighted by Gasteiger charge is 2.38. The minimum Gasteiger partial charge on any atom is -0.385 e. The van der Waals surface area contributed by atoms with Crippen molar-refractivity contribution < 1.29 is 17.9 Å². The first-order valence-corrected chi connectivity index (χ1v) is 9.56. The summed E-state index contributed by atoms with van der Waals surface area (Å²) in [6.45, 7) is 3.61. The molecule has 2 fully saturated rings. The fraction of sp³-hybridized carbons (Fsp3) is 0.929. The van der Waals surface area contributed by atoms with Crippen molar-refractivity contribution in [3.8, 4) is 0 Å². The summed E-state index contributed by atoms with van der Waals surface area (Å²) < 4.78 is 32.8. The van der Waals surface area contributed by atoms with E-state index in [2.05, 4.69) is 5.32 Å². The van der Waals surface area contributed by atoms with Crippen molar-refractivity contribution >= 4 is 16.1 Å². The molecule has 0 radical (unpaired) electrons. The van der Waals surface area contributed by atoms with Crippen LogP contribution in [0.1, 0.15) is 19.3 Å². The van der Waals surface area contributed by atoms with Gasteiger partial charge in [0.25, 0.3) is 10.2 Å². The van der Waals surface area contributed by atoms with Gasteiger partial charge in [-0.1, -0.05) is 0 Å². The van der Waals surface area contributed by atoms with Crippen LogP contribution in [0.2, 0.25) is 0 Å². The molecule has 0 aromatic carbocycles. The molecule has 1 amide bonds. The summed E-state index contributed by atoms with van der Waals surface area (Å²) >= 11 is 0. The Hall–Kier alpha value is -0.740. The first-order valence-electron chi connectivity index (χ1n) is 8.16. The summed E-state index contributed by atoms with van der Waals surface area (Å²) in [5.41, 5.74) is 0.